The van der Waals surface area contributed by atoms with Crippen molar-refractivity contribution in [3.63, 3.8) is 0 Å². The van der Waals surface area contributed by atoms with Gasteiger partial charge in [0.05, 0.1) is 18.0 Å². The van der Waals surface area contributed by atoms with Crippen LogP contribution in [0.2, 0.25) is 0 Å². The van der Waals surface area contributed by atoms with Gasteiger partial charge in [-0.3, -0.25) is 9.78 Å². The molecular weight excluding hydrogens is 355 g/mol. The molecule has 2 fully saturated rings. The van der Waals surface area contributed by atoms with E-state index in [4.69, 9.17) is 0 Å². The second-order valence-electron chi connectivity index (χ2n) is 8.44. The lowest BCUT2D eigenvalue weighted by molar-refractivity contribution is -0.125. The van der Waals surface area contributed by atoms with Crippen LogP contribution < -0.4 is 15.5 Å². The molecule has 0 spiro atoms. The zero-order valence-electron chi connectivity index (χ0n) is 16.7. The molecule has 0 saturated carbocycles. The highest BCUT2D eigenvalue weighted by molar-refractivity contribution is 5.94. The summed E-state index contributed by atoms with van der Waals surface area (Å²) in [5, 5.41) is 7.39. The number of amides is 1. The van der Waals surface area contributed by atoms with Crippen LogP contribution >= 0.6 is 0 Å². The molecule has 0 bridgehead atoms. The van der Waals surface area contributed by atoms with Gasteiger partial charge in [-0.1, -0.05) is 13.0 Å². The van der Waals surface area contributed by atoms with Crippen LogP contribution in [0.4, 0.5) is 10.1 Å². The maximum atomic E-state index is 14.8. The van der Waals surface area contributed by atoms with Crippen LogP contribution in [-0.4, -0.2) is 48.8 Å². The molecule has 2 aliphatic heterocycles. The Morgan fingerprint density at radius 3 is 2.89 bits per heavy atom. The molecule has 2 saturated heterocycles. The summed E-state index contributed by atoms with van der Waals surface area (Å²) in [7, 11) is 0. The Kier molecular flexibility index (Phi) is 5.23. The molecule has 2 unspecified atom stereocenters. The number of pyridine rings is 1. The van der Waals surface area contributed by atoms with Gasteiger partial charge in [0.2, 0.25) is 5.91 Å². The maximum Gasteiger partial charge on any atom is 0.223 e. The molecule has 0 aliphatic carbocycles. The predicted octanol–water partition coefficient (Wildman–Crippen LogP) is 2.97. The summed E-state index contributed by atoms with van der Waals surface area (Å²) in [6.07, 6.45) is 2.61. The second kappa shape index (κ2) is 7.66. The van der Waals surface area contributed by atoms with Crippen LogP contribution in [0.3, 0.4) is 0 Å². The molecule has 6 heteroatoms. The van der Waals surface area contributed by atoms with Gasteiger partial charge >= 0.3 is 0 Å². The molecule has 2 atom stereocenters. The van der Waals surface area contributed by atoms with Crippen LogP contribution in [0.5, 0.6) is 0 Å². The molecule has 1 aromatic heterocycles. The number of nitrogens with zero attached hydrogens (tertiary/aromatic N) is 2. The third-order valence-electron chi connectivity index (χ3n) is 6.22. The Labute approximate surface area is 165 Å². The summed E-state index contributed by atoms with van der Waals surface area (Å²) in [4.78, 5) is 19.4. The largest absolute Gasteiger partial charge is 0.369 e. The molecule has 1 amide bonds. The molecule has 2 aliphatic rings. The van der Waals surface area contributed by atoms with Gasteiger partial charge < -0.3 is 15.5 Å². The minimum atomic E-state index is -1.37. The second-order valence-corrected chi connectivity index (χ2v) is 8.44. The molecule has 0 radical (unpaired) electrons. The van der Waals surface area contributed by atoms with Gasteiger partial charge in [-0.15, -0.1) is 0 Å². The Bertz CT molecular complexity index is 865. The first-order valence-electron chi connectivity index (χ1n) is 10.2. The lowest BCUT2D eigenvalue weighted by Gasteiger charge is -2.30. The summed E-state index contributed by atoms with van der Waals surface area (Å²) >= 11 is 0. The molecule has 3 heterocycles. The first-order chi connectivity index (χ1) is 13.5. The number of benzene rings is 1. The Balaban J connectivity index is 1.45. The summed E-state index contributed by atoms with van der Waals surface area (Å²) in [5.41, 5.74) is 1.96. The lowest BCUT2D eigenvalue weighted by Crippen LogP contribution is -2.46. The minimum absolute atomic E-state index is 0.0325. The number of aromatic nitrogens is 1. The van der Waals surface area contributed by atoms with Crippen molar-refractivity contribution >= 4 is 22.5 Å². The van der Waals surface area contributed by atoms with Crippen molar-refractivity contribution in [1.82, 2.24) is 15.6 Å². The molecule has 2 aromatic rings. The molecule has 5 nitrogen and oxygen atoms in total. The number of nitrogens with one attached hydrogen (secondary N) is 2. The number of rotatable bonds is 4. The van der Waals surface area contributed by atoms with Gasteiger partial charge in [-0.05, 0) is 62.5 Å². The number of hydrogen-bond acceptors (Lipinski definition) is 4. The fraction of sp³-hybridized carbons (Fsp3) is 0.545. The van der Waals surface area contributed by atoms with E-state index in [0.717, 1.165) is 35.2 Å². The van der Waals surface area contributed by atoms with Gasteiger partial charge in [0.15, 0.2) is 0 Å². The van der Waals surface area contributed by atoms with Gasteiger partial charge in [-0.2, -0.15) is 0 Å². The zero-order chi connectivity index (χ0) is 19.7. The number of alkyl halides is 1. The maximum absolute atomic E-state index is 14.8. The number of fused-ring (bicyclic) bond motifs is 1. The van der Waals surface area contributed by atoms with Gasteiger partial charge in [0.25, 0.3) is 0 Å². The van der Waals surface area contributed by atoms with Crippen LogP contribution in [0.1, 0.15) is 31.7 Å². The number of anilines is 1. The van der Waals surface area contributed by atoms with Crippen LogP contribution in [0.25, 0.3) is 10.9 Å². The van der Waals surface area contributed by atoms with Crippen LogP contribution in [0, 0.1) is 12.8 Å². The molecule has 150 valence electrons. The van der Waals surface area contributed by atoms with Crippen molar-refractivity contribution in [3.8, 4) is 0 Å². The number of aryl methyl sites for hydroxylation is 1. The van der Waals surface area contributed by atoms with Crippen molar-refractivity contribution in [2.24, 2.45) is 5.92 Å². The first-order valence-corrected chi connectivity index (χ1v) is 10.2. The standard InChI is InChI=1S/C22H29FN4O/c1-15-5-6-19(17-4-3-9-25-21(15)17)27-13-16(2)18(14-27)26-20(28)12-22(23)7-10-24-11-8-22/h3-6,9,16,18,24H,7-8,10-14H2,1-2H3,(H,26,28). The smallest absolute Gasteiger partial charge is 0.223 e. The van der Waals surface area contributed by atoms with Crippen molar-refractivity contribution in [2.45, 2.75) is 44.8 Å². The highest BCUT2D eigenvalue weighted by Gasteiger charge is 2.37. The Morgan fingerprint density at radius 2 is 2.11 bits per heavy atom. The van der Waals surface area contributed by atoms with E-state index in [1.165, 1.54) is 0 Å². The number of carbonyl (C=O) groups is 1. The predicted molar refractivity (Wildman–Crippen MR) is 110 cm³/mol. The summed E-state index contributed by atoms with van der Waals surface area (Å²) in [6, 6.07) is 8.34. The van der Waals surface area contributed by atoms with E-state index < -0.39 is 5.67 Å². The Morgan fingerprint density at radius 1 is 1.32 bits per heavy atom. The van der Waals surface area contributed by atoms with E-state index in [0.29, 0.717) is 31.8 Å². The highest BCUT2D eigenvalue weighted by atomic mass is 19.1. The SMILES string of the molecule is Cc1ccc(N2CC(C)C(NC(=O)CC3(F)CCNCC3)C2)c2cccnc12. The molecule has 1 aromatic carbocycles. The quantitative estimate of drug-likeness (QED) is 0.851. The van der Waals surface area contributed by atoms with Gasteiger partial charge in [-0.25, -0.2) is 4.39 Å². The van der Waals surface area contributed by atoms with E-state index in [1.807, 2.05) is 12.3 Å². The normalized spacial score (nSPS) is 24.5. The van der Waals surface area contributed by atoms with Crippen LogP contribution in [0.15, 0.2) is 30.5 Å². The van der Waals surface area contributed by atoms with Crippen molar-refractivity contribution in [3.05, 3.63) is 36.0 Å². The topological polar surface area (TPSA) is 57.3 Å². The molecular formula is C22H29FN4O. The van der Waals surface area contributed by atoms with E-state index in [9.17, 15) is 9.18 Å². The first kappa shape index (κ1) is 19.1. The average Bonchev–Trinajstić information content (AvgIpc) is 3.02. The summed E-state index contributed by atoms with van der Waals surface area (Å²) in [5.74, 6) is 0.138. The van der Waals surface area contributed by atoms with E-state index in [2.05, 4.69) is 52.6 Å². The van der Waals surface area contributed by atoms with Gasteiger partial charge in [0.1, 0.15) is 5.67 Å². The molecule has 2 N–H and O–H groups in total. The third-order valence-corrected chi connectivity index (χ3v) is 6.22. The number of carbonyl (C=O) groups excluding carboxylic acids is 1. The fourth-order valence-corrected chi connectivity index (χ4v) is 4.52. The van der Waals surface area contributed by atoms with E-state index >= 15 is 0 Å². The van der Waals surface area contributed by atoms with Gasteiger partial charge in [0, 0.05) is 30.4 Å². The number of halogens is 1. The highest BCUT2D eigenvalue weighted by Crippen LogP contribution is 2.32. The summed E-state index contributed by atoms with van der Waals surface area (Å²) < 4.78 is 14.8. The van der Waals surface area contributed by atoms with Crippen LogP contribution in [-0.2, 0) is 4.79 Å². The van der Waals surface area contributed by atoms with E-state index in [1.54, 1.807) is 0 Å². The number of piperidine rings is 1. The van der Waals surface area contributed by atoms with E-state index in [-0.39, 0.29) is 18.4 Å². The zero-order valence-corrected chi connectivity index (χ0v) is 16.7. The minimum Gasteiger partial charge on any atom is -0.369 e. The average molecular weight is 384 g/mol. The summed E-state index contributed by atoms with van der Waals surface area (Å²) in [6.45, 7) is 7.11. The fourth-order valence-electron chi connectivity index (χ4n) is 4.52. The van der Waals surface area contributed by atoms with Crippen molar-refractivity contribution in [2.75, 3.05) is 31.1 Å². The van der Waals surface area contributed by atoms with Crippen molar-refractivity contribution in [1.29, 1.82) is 0 Å². The Hall–Kier alpha value is -2.21. The lowest BCUT2D eigenvalue weighted by atomic mass is 9.90. The number of hydrogen-bond donors (Lipinski definition) is 2. The third kappa shape index (κ3) is 3.83. The van der Waals surface area contributed by atoms with Crippen molar-refractivity contribution < 1.29 is 9.18 Å². The monoisotopic (exact) mass is 384 g/mol. The molecule has 28 heavy (non-hydrogen) atoms. The molecule has 4 rings (SSSR count).